The fraction of sp³-hybridized carbons (Fsp3) is 0.397. The quantitative estimate of drug-likeness (QED) is 0.104. The van der Waals surface area contributed by atoms with Gasteiger partial charge < -0.3 is 22.8 Å². The van der Waals surface area contributed by atoms with E-state index in [1.165, 1.54) is 51.3 Å². The lowest BCUT2D eigenvalue weighted by atomic mass is 10.3. The van der Waals surface area contributed by atoms with Crippen molar-refractivity contribution in [2.45, 2.75) is 155 Å². The van der Waals surface area contributed by atoms with Gasteiger partial charge in [0.05, 0.1) is 60.2 Å². The Morgan fingerprint density at radius 2 is 0.756 bits per heavy atom. The van der Waals surface area contributed by atoms with Crippen LogP contribution in [0.4, 0.5) is 0 Å². The van der Waals surface area contributed by atoms with Crippen molar-refractivity contribution in [2.75, 3.05) is 17.3 Å². The highest BCUT2D eigenvalue weighted by Crippen LogP contribution is 2.37. The molecule has 11 nitrogen and oxygen atoms in total. The molecular weight excluding hydrogens is 1040 g/mol. The summed E-state index contributed by atoms with van der Waals surface area (Å²) in [6.45, 7) is 30.4. The van der Waals surface area contributed by atoms with Gasteiger partial charge in [0.1, 0.15) is 11.5 Å². The molecular formula is C63H79N11S4. The Labute approximate surface area is 479 Å². The molecule has 6 aromatic heterocycles. The first-order chi connectivity index (χ1) is 37.6. The Bertz CT molecular complexity index is 3590. The fourth-order valence-electron chi connectivity index (χ4n) is 9.64. The second kappa shape index (κ2) is 26.9. The van der Waals surface area contributed by atoms with E-state index in [0.717, 1.165) is 77.7 Å². The first-order valence-corrected chi connectivity index (χ1v) is 31.6. The molecule has 11 aromatic rings. The molecule has 0 atom stereocenters. The zero-order chi connectivity index (χ0) is 55.6. The summed E-state index contributed by atoms with van der Waals surface area (Å²) < 4.78 is 11.5. The number of aryl methyl sites for hydroxylation is 2. The van der Waals surface area contributed by atoms with Gasteiger partial charge in [-0.2, -0.15) is 0 Å². The molecule has 6 heterocycles. The molecule has 0 radical (unpaired) electrons. The van der Waals surface area contributed by atoms with Crippen molar-refractivity contribution >= 4 is 102 Å². The molecule has 0 N–H and O–H groups in total. The molecule has 410 valence electrons. The zero-order valence-corrected chi connectivity index (χ0v) is 51.4. The number of hydrogen-bond acceptors (Lipinski definition) is 10. The van der Waals surface area contributed by atoms with E-state index >= 15 is 0 Å². The second-order valence-corrected chi connectivity index (χ2v) is 25.4. The van der Waals surface area contributed by atoms with Gasteiger partial charge in [0, 0.05) is 41.3 Å². The highest BCUT2D eigenvalue weighted by molar-refractivity contribution is 7.99. The average molecular weight is 1120 g/mol. The number of fused-ring (bicyclic) bond motifs is 5. The Kier molecular flexibility index (Phi) is 20.1. The number of rotatable bonds is 13. The van der Waals surface area contributed by atoms with Crippen molar-refractivity contribution in [2.24, 2.45) is 5.92 Å². The van der Waals surface area contributed by atoms with E-state index in [9.17, 15) is 0 Å². The van der Waals surface area contributed by atoms with Crippen LogP contribution in [0, 0.1) is 19.8 Å². The number of benzene rings is 5. The van der Waals surface area contributed by atoms with Gasteiger partial charge in [-0.3, -0.25) is 0 Å². The molecule has 5 aromatic carbocycles. The molecule has 1 aliphatic carbocycles. The maximum Gasteiger partial charge on any atom is 0.169 e. The minimum atomic E-state index is 0.370. The number of thioether (sulfide) groups is 3. The Morgan fingerprint density at radius 1 is 0.423 bits per heavy atom. The third kappa shape index (κ3) is 13.7. The number of nitrogens with zero attached hydrogens (tertiary/aromatic N) is 11. The van der Waals surface area contributed by atoms with Crippen LogP contribution < -0.4 is 0 Å². The van der Waals surface area contributed by atoms with E-state index < -0.39 is 0 Å². The summed E-state index contributed by atoms with van der Waals surface area (Å²) in [5.41, 5.74) is 12.6. The molecule has 78 heavy (non-hydrogen) atoms. The van der Waals surface area contributed by atoms with Crippen LogP contribution in [0.1, 0.15) is 137 Å². The molecule has 0 unspecified atom stereocenters. The SMILES string of the molecule is CC(C)n1c(SCC2CC2)nc2ccccc21.CCSc1nc2ccccc2n1C(C)C.CCSc1nc2ccccc2n1C(C)C.Cc1nc(-c2nc3ccccc3n2C(C)C)cs1.Cc1nc2ccccc2n1C(C)C. The van der Waals surface area contributed by atoms with E-state index in [-0.39, 0.29) is 0 Å². The van der Waals surface area contributed by atoms with Crippen molar-refractivity contribution in [3.05, 3.63) is 138 Å². The Balaban J connectivity index is 0.000000129. The molecule has 0 bridgehead atoms. The maximum atomic E-state index is 4.76. The third-order valence-corrected chi connectivity index (χ3v) is 16.8. The van der Waals surface area contributed by atoms with Crippen LogP contribution in [0.5, 0.6) is 0 Å². The zero-order valence-electron chi connectivity index (χ0n) is 48.2. The smallest absolute Gasteiger partial charge is 0.169 e. The highest BCUT2D eigenvalue weighted by atomic mass is 32.2. The van der Waals surface area contributed by atoms with Crippen LogP contribution in [0.2, 0.25) is 0 Å². The van der Waals surface area contributed by atoms with Gasteiger partial charge in [-0.1, -0.05) is 110 Å². The first kappa shape index (κ1) is 58.3. The average Bonchev–Trinajstić information content (AvgIpc) is 3.95. The van der Waals surface area contributed by atoms with E-state index in [0.29, 0.717) is 30.2 Å². The van der Waals surface area contributed by atoms with Crippen molar-refractivity contribution < 1.29 is 0 Å². The highest BCUT2D eigenvalue weighted by Gasteiger charge is 2.23. The van der Waals surface area contributed by atoms with E-state index in [2.05, 4.69) is 235 Å². The Hall–Kier alpha value is -5.87. The molecule has 0 aliphatic heterocycles. The maximum absolute atomic E-state index is 4.76. The molecule has 1 fully saturated rings. The van der Waals surface area contributed by atoms with E-state index in [1.807, 2.05) is 66.5 Å². The van der Waals surface area contributed by atoms with E-state index in [4.69, 9.17) is 9.97 Å². The minimum absolute atomic E-state index is 0.370. The molecule has 12 rings (SSSR count). The van der Waals surface area contributed by atoms with Crippen LogP contribution in [-0.2, 0) is 0 Å². The molecule has 0 spiro atoms. The summed E-state index contributed by atoms with van der Waals surface area (Å²) >= 11 is 7.20. The van der Waals surface area contributed by atoms with Crippen LogP contribution in [-0.4, -0.2) is 70.0 Å². The van der Waals surface area contributed by atoms with Gasteiger partial charge in [-0.05, 0) is 174 Å². The Morgan fingerprint density at radius 3 is 1.10 bits per heavy atom. The van der Waals surface area contributed by atoms with Crippen molar-refractivity contribution in [3.63, 3.8) is 0 Å². The molecule has 0 saturated heterocycles. The van der Waals surface area contributed by atoms with Crippen molar-refractivity contribution in [3.8, 4) is 11.5 Å². The first-order valence-electron chi connectivity index (χ1n) is 27.7. The number of thiazole rings is 1. The molecule has 15 heteroatoms. The minimum Gasteiger partial charge on any atom is -0.326 e. The predicted molar refractivity (Wildman–Crippen MR) is 337 cm³/mol. The summed E-state index contributed by atoms with van der Waals surface area (Å²) in [7, 11) is 0. The molecule has 1 saturated carbocycles. The molecule has 1 aliphatic rings. The van der Waals surface area contributed by atoms with E-state index in [1.54, 1.807) is 11.3 Å². The van der Waals surface area contributed by atoms with Gasteiger partial charge in [-0.25, -0.2) is 29.9 Å². The normalized spacial score (nSPS) is 12.4. The lowest BCUT2D eigenvalue weighted by Crippen LogP contribution is -2.03. The van der Waals surface area contributed by atoms with Crippen LogP contribution in [0.3, 0.4) is 0 Å². The summed E-state index contributed by atoms with van der Waals surface area (Å²) in [6, 6.07) is 43.9. The summed E-state index contributed by atoms with van der Waals surface area (Å²) in [6.07, 6.45) is 2.82. The second-order valence-electron chi connectivity index (χ2n) is 20.9. The van der Waals surface area contributed by atoms with Gasteiger partial charge in [-0.15, -0.1) is 11.3 Å². The number of aromatic nitrogens is 11. The number of hydrogen-bond donors (Lipinski definition) is 0. The van der Waals surface area contributed by atoms with Crippen molar-refractivity contribution in [1.82, 2.24) is 52.7 Å². The van der Waals surface area contributed by atoms with Gasteiger partial charge in [0.25, 0.3) is 0 Å². The van der Waals surface area contributed by atoms with Crippen LogP contribution in [0.15, 0.2) is 142 Å². The monoisotopic (exact) mass is 1120 g/mol. The molecule has 0 amide bonds. The number of para-hydroxylation sites is 10. The lowest BCUT2D eigenvalue weighted by Gasteiger charge is -2.12. The predicted octanol–water partition coefficient (Wildman–Crippen LogP) is 18.6. The van der Waals surface area contributed by atoms with Gasteiger partial charge in [0.15, 0.2) is 21.3 Å². The number of imidazole rings is 5. The third-order valence-electron chi connectivity index (χ3n) is 13.2. The summed E-state index contributed by atoms with van der Waals surface area (Å²) in [4.78, 5) is 27.8. The fourth-order valence-corrected chi connectivity index (χ4v) is 13.3. The van der Waals surface area contributed by atoms with Crippen molar-refractivity contribution in [1.29, 1.82) is 0 Å². The van der Waals surface area contributed by atoms with Gasteiger partial charge >= 0.3 is 0 Å². The topological polar surface area (TPSA) is 102 Å². The van der Waals surface area contributed by atoms with Crippen LogP contribution in [0.25, 0.3) is 66.7 Å². The van der Waals surface area contributed by atoms with Crippen LogP contribution >= 0.6 is 46.6 Å². The standard InChI is InChI=1S/C14H15N3S.C14H18N2S.2C12H16N2S.C11H14N2/c1-9(2)17-13-7-5-4-6-11(13)16-14(17)12-8-18-10(3)15-12;1-10(2)16-13-6-4-3-5-12(13)15-14(16)17-9-11-7-8-11;2*1-4-15-12-13-10-7-5-6-8-11(10)14(12)9(2)3;1-8(2)13-9(3)12-10-6-4-5-7-11(10)13/h4-9H,1-3H3;3-6,10-11H,7-9H2,1-2H3;2*5-9H,4H2,1-3H3;4-8H,1-3H3. The summed E-state index contributed by atoms with van der Waals surface area (Å²) in [5, 5.41) is 6.61. The lowest BCUT2D eigenvalue weighted by molar-refractivity contribution is 0.566. The summed E-state index contributed by atoms with van der Waals surface area (Å²) in [5.74, 6) is 6.37. The largest absolute Gasteiger partial charge is 0.326 e. The van der Waals surface area contributed by atoms with Gasteiger partial charge in [0.2, 0.25) is 0 Å².